The van der Waals surface area contributed by atoms with Crippen LogP contribution >= 0.6 is 50.1 Å². The molecule has 4 heteroatoms. The maximum absolute atomic E-state index is 5.85. The van der Waals surface area contributed by atoms with Gasteiger partial charge in [0.2, 0.25) is 0 Å². The van der Waals surface area contributed by atoms with Crippen molar-refractivity contribution in [2.75, 3.05) is 7.11 Å². The molecule has 1 aromatic rings. The fourth-order valence-electron chi connectivity index (χ4n) is 0.666. The summed E-state index contributed by atoms with van der Waals surface area (Å²) in [4.78, 5) is 0. The van der Waals surface area contributed by atoms with Crippen LogP contribution in [0.1, 0.15) is 0 Å². The third-order valence-electron chi connectivity index (χ3n) is 1.22. The molecule has 0 atom stereocenters. The van der Waals surface area contributed by atoms with E-state index in [0.717, 1.165) is 18.8 Å². The zero-order valence-corrected chi connectivity index (χ0v) is 10.2. The molecule has 0 heterocycles. The van der Waals surface area contributed by atoms with Crippen molar-refractivity contribution in [3.05, 3.63) is 25.2 Å². The molecular formula is C7H5BrClIO. The second kappa shape index (κ2) is 3.96. The van der Waals surface area contributed by atoms with Crippen molar-refractivity contribution in [1.29, 1.82) is 0 Å². The number of hydrogen-bond acceptors (Lipinski definition) is 1. The van der Waals surface area contributed by atoms with E-state index in [4.69, 9.17) is 16.3 Å². The highest BCUT2D eigenvalue weighted by atomic mass is 127. The average Bonchev–Trinajstić information content (AvgIpc) is 2.01. The Balaban J connectivity index is 3.25. The van der Waals surface area contributed by atoms with E-state index < -0.39 is 0 Å². The third-order valence-corrected chi connectivity index (χ3v) is 4.50. The minimum Gasteiger partial charge on any atom is -0.496 e. The van der Waals surface area contributed by atoms with E-state index in [1.54, 1.807) is 7.11 Å². The number of benzene rings is 1. The summed E-state index contributed by atoms with van der Waals surface area (Å²) >= 11 is 11.4. The summed E-state index contributed by atoms with van der Waals surface area (Å²) in [5.74, 6) is 0.804. The van der Waals surface area contributed by atoms with Crippen molar-refractivity contribution >= 4 is 50.1 Å². The average molecular weight is 347 g/mol. The predicted octanol–water partition coefficient (Wildman–Crippen LogP) is 3.72. The van der Waals surface area contributed by atoms with Gasteiger partial charge < -0.3 is 4.74 Å². The second-order valence-electron chi connectivity index (χ2n) is 1.88. The topological polar surface area (TPSA) is 9.23 Å². The molecule has 0 amide bonds. The molecule has 11 heavy (non-hydrogen) atoms. The minimum absolute atomic E-state index is 0.735. The van der Waals surface area contributed by atoms with Crippen LogP contribution in [0, 0.1) is 3.57 Å². The molecule has 1 rings (SSSR count). The van der Waals surface area contributed by atoms with Crippen LogP contribution in [-0.2, 0) is 0 Å². The summed E-state index contributed by atoms with van der Waals surface area (Å²) in [6, 6.07) is 3.64. The summed E-state index contributed by atoms with van der Waals surface area (Å²) < 4.78 is 6.96. The number of ether oxygens (including phenoxy) is 1. The number of halogens is 3. The Kier molecular flexibility index (Phi) is 3.46. The summed E-state index contributed by atoms with van der Waals surface area (Å²) in [5.41, 5.74) is 0. The zero-order chi connectivity index (χ0) is 8.43. The van der Waals surface area contributed by atoms with E-state index in [2.05, 4.69) is 38.5 Å². The Morgan fingerprint density at radius 3 is 2.73 bits per heavy atom. The Labute approximate surface area is 92.3 Å². The largest absolute Gasteiger partial charge is 0.496 e. The summed E-state index contributed by atoms with van der Waals surface area (Å²) in [7, 11) is 1.63. The number of rotatable bonds is 1. The molecule has 1 nitrogen and oxygen atoms in total. The molecule has 0 spiro atoms. The molecule has 0 fully saturated rings. The quantitative estimate of drug-likeness (QED) is 0.556. The molecule has 0 aliphatic rings. The van der Waals surface area contributed by atoms with Gasteiger partial charge in [-0.25, -0.2) is 0 Å². The highest BCUT2D eigenvalue weighted by molar-refractivity contribution is 14.1. The van der Waals surface area contributed by atoms with Gasteiger partial charge in [0.25, 0.3) is 0 Å². The van der Waals surface area contributed by atoms with Crippen LogP contribution in [0.2, 0.25) is 5.02 Å². The first-order chi connectivity index (χ1) is 5.16. The molecular weight excluding hydrogens is 342 g/mol. The van der Waals surface area contributed by atoms with E-state index in [9.17, 15) is 0 Å². The SMILES string of the molecule is COc1ccc(Cl)c(I)c1Br. The van der Waals surface area contributed by atoms with Gasteiger partial charge in [0.1, 0.15) is 5.75 Å². The standard InChI is InChI=1S/C7H5BrClIO/c1-11-5-3-2-4(9)7(10)6(5)8/h2-3H,1H3. The van der Waals surface area contributed by atoms with Gasteiger partial charge in [0.15, 0.2) is 0 Å². The van der Waals surface area contributed by atoms with Crippen molar-refractivity contribution in [1.82, 2.24) is 0 Å². The maximum atomic E-state index is 5.85. The monoisotopic (exact) mass is 346 g/mol. The highest BCUT2D eigenvalue weighted by Crippen LogP contribution is 2.34. The molecule has 60 valence electrons. The molecule has 0 aliphatic carbocycles. The van der Waals surface area contributed by atoms with Crippen LogP contribution in [0.5, 0.6) is 5.75 Å². The third kappa shape index (κ3) is 2.00. The van der Waals surface area contributed by atoms with Crippen molar-refractivity contribution in [3.63, 3.8) is 0 Å². The van der Waals surface area contributed by atoms with Gasteiger partial charge in [-0.15, -0.1) is 0 Å². The van der Waals surface area contributed by atoms with Gasteiger partial charge in [-0.3, -0.25) is 0 Å². The first-order valence-corrected chi connectivity index (χ1v) is 5.09. The van der Waals surface area contributed by atoms with Crippen LogP contribution in [0.4, 0.5) is 0 Å². The van der Waals surface area contributed by atoms with Crippen LogP contribution in [0.3, 0.4) is 0 Å². The summed E-state index contributed by atoms with van der Waals surface area (Å²) in [6.07, 6.45) is 0. The molecule has 0 saturated heterocycles. The van der Waals surface area contributed by atoms with Gasteiger partial charge in [-0.1, -0.05) is 11.6 Å². The van der Waals surface area contributed by atoms with E-state index >= 15 is 0 Å². The lowest BCUT2D eigenvalue weighted by molar-refractivity contribution is 0.412. The molecule has 0 unspecified atom stereocenters. The fourth-order valence-corrected chi connectivity index (χ4v) is 1.89. The predicted molar refractivity (Wildman–Crippen MR) is 58.4 cm³/mol. The molecule has 0 aliphatic heterocycles. The van der Waals surface area contributed by atoms with E-state index in [1.165, 1.54) is 0 Å². The lowest BCUT2D eigenvalue weighted by atomic mass is 10.3. The lowest BCUT2D eigenvalue weighted by Crippen LogP contribution is -1.86. The van der Waals surface area contributed by atoms with Crippen LogP contribution in [0.25, 0.3) is 0 Å². The first kappa shape index (κ1) is 9.61. The Morgan fingerprint density at radius 1 is 1.55 bits per heavy atom. The number of methoxy groups -OCH3 is 1. The van der Waals surface area contributed by atoms with E-state index in [0.29, 0.717) is 0 Å². The van der Waals surface area contributed by atoms with Gasteiger partial charge in [-0.05, 0) is 50.7 Å². The van der Waals surface area contributed by atoms with Gasteiger partial charge in [0, 0.05) is 3.57 Å². The van der Waals surface area contributed by atoms with Crippen molar-refractivity contribution < 1.29 is 4.74 Å². The molecule has 1 aromatic carbocycles. The lowest BCUT2D eigenvalue weighted by Gasteiger charge is -2.05. The van der Waals surface area contributed by atoms with E-state index in [-0.39, 0.29) is 0 Å². The highest BCUT2D eigenvalue weighted by Gasteiger charge is 2.06. The maximum Gasteiger partial charge on any atom is 0.134 e. The Bertz CT molecular complexity index is 277. The molecule has 0 N–H and O–H groups in total. The van der Waals surface area contributed by atoms with Gasteiger partial charge in [-0.2, -0.15) is 0 Å². The smallest absolute Gasteiger partial charge is 0.134 e. The van der Waals surface area contributed by atoms with Crippen molar-refractivity contribution in [2.45, 2.75) is 0 Å². The molecule has 0 radical (unpaired) electrons. The van der Waals surface area contributed by atoms with Crippen LogP contribution < -0.4 is 4.74 Å². The first-order valence-electron chi connectivity index (χ1n) is 2.84. The van der Waals surface area contributed by atoms with Crippen LogP contribution in [0.15, 0.2) is 16.6 Å². The van der Waals surface area contributed by atoms with Gasteiger partial charge >= 0.3 is 0 Å². The zero-order valence-electron chi connectivity index (χ0n) is 5.70. The minimum atomic E-state index is 0.735. The second-order valence-corrected chi connectivity index (χ2v) is 4.16. The van der Waals surface area contributed by atoms with Gasteiger partial charge in [0.05, 0.1) is 16.6 Å². The summed E-state index contributed by atoms with van der Waals surface area (Å²) in [5, 5.41) is 0.735. The van der Waals surface area contributed by atoms with Crippen molar-refractivity contribution in [3.8, 4) is 5.75 Å². The molecule has 0 bridgehead atoms. The van der Waals surface area contributed by atoms with Crippen LogP contribution in [-0.4, -0.2) is 7.11 Å². The normalized spacial score (nSPS) is 9.82. The number of hydrogen-bond donors (Lipinski definition) is 0. The van der Waals surface area contributed by atoms with Crippen molar-refractivity contribution in [2.24, 2.45) is 0 Å². The summed E-state index contributed by atoms with van der Waals surface area (Å²) in [6.45, 7) is 0. The Hall–Kier alpha value is 0.520. The fraction of sp³-hybridized carbons (Fsp3) is 0.143. The van der Waals surface area contributed by atoms with E-state index in [1.807, 2.05) is 12.1 Å². The molecule has 0 aromatic heterocycles. The Morgan fingerprint density at radius 2 is 2.18 bits per heavy atom. The molecule has 0 saturated carbocycles.